The fourth-order valence-electron chi connectivity index (χ4n) is 2.94. The topological polar surface area (TPSA) is 98.8 Å². The zero-order valence-corrected chi connectivity index (χ0v) is 19.0. The molecular formula is C25H25NO6S. The van der Waals surface area contributed by atoms with E-state index in [1.54, 1.807) is 55.5 Å². The normalized spacial score (nSPS) is 11.9. The SMILES string of the molecule is C[C@@H](C(=O)NS(=O)(=O)CCC(=O)OCc1ccccc1)c1cccc(Oc2ccccc2)c1. The minimum atomic E-state index is -4.00. The van der Waals surface area contributed by atoms with Crippen LogP contribution in [0.4, 0.5) is 0 Å². The Balaban J connectivity index is 1.51. The van der Waals surface area contributed by atoms with E-state index in [0.717, 1.165) is 5.56 Å². The third-order valence-corrected chi connectivity index (χ3v) is 6.06. The summed E-state index contributed by atoms with van der Waals surface area (Å²) in [4.78, 5) is 24.4. The van der Waals surface area contributed by atoms with Gasteiger partial charge in [0.2, 0.25) is 15.9 Å². The van der Waals surface area contributed by atoms with Gasteiger partial charge >= 0.3 is 5.97 Å². The maximum atomic E-state index is 12.5. The Hall–Kier alpha value is -3.65. The van der Waals surface area contributed by atoms with Crippen molar-refractivity contribution in [3.05, 3.63) is 96.1 Å². The molecule has 0 heterocycles. The van der Waals surface area contributed by atoms with Crippen molar-refractivity contribution in [2.45, 2.75) is 25.9 Å². The van der Waals surface area contributed by atoms with Crippen LogP contribution in [-0.2, 0) is 31.0 Å². The van der Waals surface area contributed by atoms with Crippen molar-refractivity contribution in [1.29, 1.82) is 0 Å². The van der Waals surface area contributed by atoms with Crippen LogP contribution in [0.15, 0.2) is 84.9 Å². The number of ether oxygens (including phenoxy) is 2. The average Bonchev–Trinajstić information content (AvgIpc) is 2.82. The summed E-state index contributed by atoms with van der Waals surface area (Å²) in [5.74, 6) is -1.46. The number of esters is 1. The molecule has 0 aliphatic rings. The van der Waals surface area contributed by atoms with Crippen LogP contribution in [0.2, 0.25) is 0 Å². The second kappa shape index (κ2) is 11.3. The number of benzene rings is 3. The quantitative estimate of drug-likeness (QED) is 0.450. The predicted molar refractivity (Wildman–Crippen MR) is 124 cm³/mol. The molecule has 0 bridgehead atoms. The van der Waals surface area contributed by atoms with E-state index in [4.69, 9.17) is 9.47 Å². The molecule has 0 aliphatic carbocycles. The van der Waals surface area contributed by atoms with Gasteiger partial charge in [0.15, 0.2) is 0 Å². The fourth-order valence-corrected chi connectivity index (χ4v) is 3.96. The molecule has 1 N–H and O–H groups in total. The molecule has 3 aromatic carbocycles. The summed E-state index contributed by atoms with van der Waals surface area (Å²) in [6.45, 7) is 1.66. The molecule has 0 fully saturated rings. The van der Waals surface area contributed by atoms with Crippen molar-refractivity contribution in [2.75, 3.05) is 5.75 Å². The molecule has 0 saturated heterocycles. The van der Waals surface area contributed by atoms with Crippen LogP contribution in [0.1, 0.15) is 30.4 Å². The molecule has 0 spiro atoms. The number of nitrogens with one attached hydrogen (secondary N) is 1. The van der Waals surface area contributed by atoms with E-state index in [-0.39, 0.29) is 13.0 Å². The first kappa shape index (κ1) is 24.0. The highest BCUT2D eigenvalue weighted by atomic mass is 32.2. The van der Waals surface area contributed by atoms with Gasteiger partial charge < -0.3 is 9.47 Å². The summed E-state index contributed by atoms with van der Waals surface area (Å²) in [7, 11) is -4.00. The molecule has 172 valence electrons. The van der Waals surface area contributed by atoms with Crippen LogP contribution in [0.3, 0.4) is 0 Å². The molecular weight excluding hydrogens is 442 g/mol. The first-order valence-corrected chi connectivity index (χ1v) is 12.0. The van der Waals surface area contributed by atoms with Crippen molar-refractivity contribution in [3.8, 4) is 11.5 Å². The van der Waals surface area contributed by atoms with Crippen LogP contribution < -0.4 is 9.46 Å². The highest BCUT2D eigenvalue weighted by Crippen LogP contribution is 2.25. The van der Waals surface area contributed by atoms with Crippen molar-refractivity contribution in [2.24, 2.45) is 0 Å². The second-order valence-corrected chi connectivity index (χ2v) is 9.23. The standard InChI is InChI=1S/C25H25NO6S/c1-19(21-11-8-14-23(17-21)32-22-12-6-3-7-13-22)25(28)26-33(29,30)16-15-24(27)31-18-20-9-4-2-5-10-20/h2-14,17,19H,15-16,18H2,1H3,(H,26,28)/t19-/m1/s1. The van der Waals surface area contributed by atoms with Crippen LogP contribution in [-0.4, -0.2) is 26.0 Å². The Morgan fingerprint density at radius 2 is 1.52 bits per heavy atom. The molecule has 0 aromatic heterocycles. The third-order valence-electron chi connectivity index (χ3n) is 4.80. The maximum Gasteiger partial charge on any atom is 0.307 e. The molecule has 1 amide bonds. The molecule has 0 aliphatic heterocycles. The Labute approximate surface area is 193 Å². The summed E-state index contributed by atoms with van der Waals surface area (Å²) in [5.41, 5.74) is 1.40. The predicted octanol–water partition coefficient (Wildman–Crippen LogP) is 4.16. The number of para-hydroxylation sites is 1. The average molecular weight is 468 g/mol. The van der Waals surface area contributed by atoms with Crippen LogP contribution >= 0.6 is 0 Å². The van der Waals surface area contributed by atoms with Gasteiger partial charge in [-0.1, -0.05) is 60.7 Å². The zero-order chi connectivity index (χ0) is 23.7. The highest BCUT2D eigenvalue weighted by Gasteiger charge is 2.22. The van der Waals surface area contributed by atoms with Gasteiger partial charge in [0.25, 0.3) is 0 Å². The largest absolute Gasteiger partial charge is 0.461 e. The smallest absolute Gasteiger partial charge is 0.307 e. The van der Waals surface area contributed by atoms with E-state index in [0.29, 0.717) is 17.1 Å². The van der Waals surface area contributed by atoms with Gasteiger partial charge in [-0.3, -0.25) is 14.3 Å². The second-order valence-electron chi connectivity index (χ2n) is 7.39. The number of carbonyl (C=O) groups excluding carboxylic acids is 2. The Kier molecular flexibility index (Phi) is 8.21. The van der Waals surface area contributed by atoms with Gasteiger partial charge in [-0.2, -0.15) is 0 Å². The molecule has 0 saturated carbocycles. The molecule has 0 radical (unpaired) electrons. The Morgan fingerprint density at radius 1 is 0.879 bits per heavy atom. The van der Waals surface area contributed by atoms with Crippen LogP contribution in [0.5, 0.6) is 11.5 Å². The number of rotatable bonds is 10. The Morgan fingerprint density at radius 3 is 2.21 bits per heavy atom. The molecule has 33 heavy (non-hydrogen) atoms. The van der Waals surface area contributed by atoms with Gasteiger partial charge in [-0.25, -0.2) is 8.42 Å². The lowest BCUT2D eigenvalue weighted by Gasteiger charge is -2.14. The number of carbonyl (C=O) groups is 2. The number of amides is 1. The van der Waals surface area contributed by atoms with Gasteiger partial charge in [0.05, 0.1) is 18.1 Å². The van der Waals surface area contributed by atoms with Crippen LogP contribution in [0.25, 0.3) is 0 Å². The lowest BCUT2D eigenvalue weighted by molar-refractivity contribution is -0.144. The van der Waals surface area contributed by atoms with E-state index in [2.05, 4.69) is 0 Å². The van der Waals surface area contributed by atoms with Gasteiger partial charge in [0, 0.05) is 0 Å². The van der Waals surface area contributed by atoms with Gasteiger partial charge in [-0.05, 0) is 42.3 Å². The van der Waals surface area contributed by atoms with Crippen molar-refractivity contribution < 1.29 is 27.5 Å². The minimum Gasteiger partial charge on any atom is -0.461 e. The number of sulfonamides is 1. The molecule has 7 nitrogen and oxygen atoms in total. The van der Waals surface area contributed by atoms with Gasteiger partial charge in [0.1, 0.15) is 18.1 Å². The summed E-state index contributed by atoms with van der Waals surface area (Å²) in [6.07, 6.45) is -0.357. The fraction of sp³-hybridized carbons (Fsp3) is 0.200. The molecule has 0 unspecified atom stereocenters. The summed E-state index contributed by atoms with van der Waals surface area (Å²) in [6, 6.07) is 25.1. The summed E-state index contributed by atoms with van der Waals surface area (Å²) in [5, 5.41) is 0. The third kappa shape index (κ3) is 7.76. The minimum absolute atomic E-state index is 0.0600. The van der Waals surface area contributed by atoms with E-state index < -0.39 is 33.6 Å². The zero-order valence-electron chi connectivity index (χ0n) is 18.1. The van der Waals surface area contributed by atoms with E-state index >= 15 is 0 Å². The lowest BCUT2D eigenvalue weighted by Crippen LogP contribution is -2.36. The first-order valence-electron chi connectivity index (χ1n) is 10.4. The molecule has 1 atom stereocenters. The monoisotopic (exact) mass is 467 g/mol. The Bertz CT molecular complexity index is 1180. The van der Waals surface area contributed by atoms with Crippen molar-refractivity contribution >= 4 is 21.9 Å². The summed E-state index contributed by atoms with van der Waals surface area (Å²) >= 11 is 0. The van der Waals surface area contributed by atoms with E-state index in [1.807, 2.05) is 41.1 Å². The van der Waals surface area contributed by atoms with Crippen molar-refractivity contribution in [1.82, 2.24) is 4.72 Å². The highest BCUT2D eigenvalue weighted by molar-refractivity contribution is 7.90. The van der Waals surface area contributed by atoms with E-state index in [1.165, 1.54) is 0 Å². The molecule has 3 aromatic rings. The van der Waals surface area contributed by atoms with E-state index in [9.17, 15) is 18.0 Å². The summed E-state index contributed by atoms with van der Waals surface area (Å²) < 4.78 is 37.5. The number of hydrogen-bond acceptors (Lipinski definition) is 6. The number of hydrogen-bond donors (Lipinski definition) is 1. The maximum absolute atomic E-state index is 12.5. The first-order chi connectivity index (χ1) is 15.8. The molecule has 3 rings (SSSR count). The van der Waals surface area contributed by atoms with Crippen LogP contribution in [0, 0.1) is 0 Å². The van der Waals surface area contributed by atoms with Gasteiger partial charge in [-0.15, -0.1) is 0 Å². The van der Waals surface area contributed by atoms with Crippen molar-refractivity contribution in [3.63, 3.8) is 0 Å². The lowest BCUT2D eigenvalue weighted by atomic mass is 10.0. The molecule has 8 heteroatoms.